The number of aromatic amines is 1. The van der Waals surface area contributed by atoms with Crippen LogP contribution in [-0.4, -0.2) is 28.2 Å². The standard InChI is InChI=1S/C11H17N3O2/c1-8-13-9(6-10(16)14-8)12-7-11(2-3-11)4-5-15/h6,15H,2-5,7H2,1H3,(H2,12,13,14,16). The lowest BCUT2D eigenvalue weighted by atomic mass is 10.0. The highest BCUT2D eigenvalue weighted by Crippen LogP contribution is 2.48. The maximum atomic E-state index is 11.2. The zero-order valence-electron chi connectivity index (χ0n) is 9.42. The lowest BCUT2D eigenvalue weighted by Gasteiger charge is -2.14. The molecule has 0 aromatic carbocycles. The molecule has 0 atom stereocenters. The average Bonchev–Trinajstić information content (AvgIpc) is 2.95. The van der Waals surface area contributed by atoms with Gasteiger partial charge in [-0.1, -0.05) is 0 Å². The van der Waals surface area contributed by atoms with Crippen molar-refractivity contribution in [3.63, 3.8) is 0 Å². The number of anilines is 1. The molecule has 0 amide bonds. The topological polar surface area (TPSA) is 78.0 Å². The van der Waals surface area contributed by atoms with E-state index in [9.17, 15) is 4.79 Å². The van der Waals surface area contributed by atoms with Crippen LogP contribution in [0.2, 0.25) is 0 Å². The number of nitrogens with zero attached hydrogens (tertiary/aromatic N) is 1. The first-order valence-corrected chi connectivity index (χ1v) is 5.56. The van der Waals surface area contributed by atoms with E-state index in [1.165, 1.54) is 6.07 Å². The van der Waals surface area contributed by atoms with E-state index in [1.807, 2.05) is 0 Å². The van der Waals surface area contributed by atoms with Gasteiger partial charge in [0.15, 0.2) is 0 Å². The van der Waals surface area contributed by atoms with Crippen LogP contribution < -0.4 is 10.9 Å². The van der Waals surface area contributed by atoms with Gasteiger partial charge in [-0.05, 0) is 31.6 Å². The highest BCUT2D eigenvalue weighted by Gasteiger charge is 2.41. The van der Waals surface area contributed by atoms with E-state index in [0.29, 0.717) is 11.6 Å². The van der Waals surface area contributed by atoms with Crippen molar-refractivity contribution >= 4 is 5.82 Å². The average molecular weight is 223 g/mol. The van der Waals surface area contributed by atoms with Gasteiger partial charge in [0.2, 0.25) is 0 Å². The van der Waals surface area contributed by atoms with Gasteiger partial charge in [0.05, 0.1) is 0 Å². The minimum absolute atomic E-state index is 0.137. The number of aliphatic hydroxyl groups excluding tert-OH is 1. The first-order valence-electron chi connectivity index (χ1n) is 5.56. The third kappa shape index (κ3) is 2.61. The van der Waals surface area contributed by atoms with Gasteiger partial charge in [-0.3, -0.25) is 4.79 Å². The molecular formula is C11H17N3O2. The number of aliphatic hydroxyl groups is 1. The molecule has 0 unspecified atom stereocenters. The molecule has 1 aromatic heterocycles. The minimum Gasteiger partial charge on any atom is -0.396 e. The van der Waals surface area contributed by atoms with Crippen LogP contribution in [0.25, 0.3) is 0 Å². The van der Waals surface area contributed by atoms with E-state index in [1.54, 1.807) is 6.92 Å². The largest absolute Gasteiger partial charge is 0.396 e. The van der Waals surface area contributed by atoms with Crippen molar-refractivity contribution in [3.05, 3.63) is 22.2 Å². The molecule has 0 spiro atoms. The number of rotatable bonds is 5. The Kier molecular flexibility index (Phi) is 2.96. The van der Waals surface area contributed by atoms with E-state index in [-0.39, 0.29) is 17.6 Å². The van der Waals surface area contributed by atoms with Crippen molar-refractivity contribution < 1.29 is 5.11 Å². The summed E-state index contributed by atoms with van der Waals surface area (Å²) in [4.78, 5) is 18.0. The zero-order valence-corrected chi connectivity index (χ0v) is 9.42. The minimum atomic E-state index is -0.137. The predicted octanol–water partition coefficient (Wildman–Crippen LogP) is 0.653. The van der Waals surface area contributed by atoms with Crippen LogP contribution in [0.3, 0.4) is 0 Å². The Morgan fingerprint density at radius 3 is 2.94 bits per heavy atom. The lowest BCUT2D eigenvalue weighted by molar-refractivity contribution is 0.253. The number of hydrogen-bond acceptors (Lipinski definition) is 4. The van der Waals surface area contributed by atoms with Gasteiger partial charge < -0.3 is 15.4 Å². The Labute approximate surface area is 93.9 Å². The fraction of sp³-hybridized carbons (Fsp3) is 0.636. The van der Waals surface area contributed by atoms with E-state index in [2.05, 4.69) is 15.3 Å². The second kappa shape index (κ2) is 4.25. The molecule has 1 aromatic rings. The third-order valence-corrected chi connectivity index (χ3v) is 3.10. The second-order valence-electron chi connectivity index (χ2n) is 4.54. The quantitative estimate of drug-likeness (QED) is 0.685. The monoisotopic (exact) mass is 223 g/mol. The van der Waals surface area contributed by atoms with Crippen LogP contribution >= 0.6 is 0 Å². The van der Waals surface area contributed by atoms with E-state index < -0.39 is 0 Å². The fourth-order valence-corrected chi connectivity index (χ4v) is 1.88. The predicted molar refractivity (Wildman–Crippen MR) is 61.5 cm³/mol. The molecule has 3 N–H and O–H groups in total. The normalized spacial score (nSPS) is 17.1. The molecule has 1 aliphatic rings. The number of nitrogens with one attached hydrogen (secondary N) is 2. The van der Waals surface area contributed by atoms with Crippen LogP contribution in [0.1, 0.15) is 25.1 Å². The van der Waals surface area contributed by atoms with E-state index in [0.717, 1.165) is 25.8 Å². The summed E-state index contributed by atoms with van der Waals surface area (Å²) < 4.78 is 0. The van der Waals surface area contributed by atoms with Crippen molar-refractivity contribution in [3.8, 4) is 0 Å². The van der Waals surface area contributed by atoms with Crippen molar-refractivity contribution in [1.29, 1.82) is 0 Å². The summed E-state index contributed by atoms with van der Waals surface area (Å²) >= 11 is 0. The molecule has 0 aliphatic heterocycles. The summed E-state index contributed by atoms with van der Waals surface area (Å²) in [6.45, 7) is 2.76. The van der Waals surface area contributed by atoms with Crippen LogP contribution in [0, 0.1) is 12.3 Å². The maximum Gasteiger partial charge on any atom is 0.252 e. The van der Waals surface area contributed by atoms with Gasteiger partial charge in [0.1, 0.15) is 11.6 Å². The van der Waals surface area contributed by atoms with Crippen molar-refractivity contribution in [2.24, 2.45) is 5.41 Å². The van der Waals surface area contributed by atoms with Crippen LogP contribution in [0.4, 0.5) is 5.82 Å². The Morgan fingerprint density at radius 1 is 1.62 bits per heavy atom. The van der Waals surface area contributed by atoms with Gasteiger partial charge in [-0.2, -0.15) is 0 Å². The third-order valence-electron chi connectivity index (χ3n) is 3.10. The molecule has 0 bridgehead atoms. The summed E-state index contributed by atoms with van der Waals surface area (Å²) in [5.74, 6) is 1.23. The van der Waals surface area contributed by atoms with Crippen molar-refractivity contribution in [1.82, 2.24) is 9.97 Å². The van der Waals surface area contributed by atoms with Gasteiger partial charge >= 0.3 is 0 Å². The van der Waals surface area contributed by atoms with E-state index in [4.69, 9.17) is 5.11 Å². The van der Waals surface area contributed by atoms with Crippen LogP contribution in [0.15, 0.2) is 10.9 Å². The van der Waals surface area contributed by atoms with Crippen molar-refractivity contribution in [2.75, 3.05) is 18.5 Å². The molecule has 1 saturated carbocycles. The molecule has 88 valence electrons. The lowest BCUT2D eigenvalue weighted by Crippen LogP contribution is -2.19. The van der Waals surface area contributed by atoms with Gasteiger partial charge in [-0.25, -0.2) is 4.98 Å². The van der Waals surface area contributed by atoms with Crippen LogP contribution in [0.5, 0.6) is 0 Å². The number of aryl methyl sites for hydroxylation is 1. The fourth-order valence-electron chi connectivity index (χ4n) is 1.88. The van der Waals surface area contributed by atoms with Gasteiger partial charge in [0, 0.05) is 19.2 Å². The molecule has 5 heteroatoms. The molecule has 0 radical (unpaired) electrons. The summed E-state index contributed by atoms with van der Waals surface area (Å²) in [6.07, 6.45) is 3.10. The molecule has 1 aliphatic carbocycles. The Hall–Kier alpha value is -1.36. The molecular weight excluding hydrogens is 206 g/mol. The SMILES string of the molecule is Cc1nc(NCC2(CCO)CC2)cc(=O)[nH]1. The molecule has 5 nitrogen and oxygen atoms in total. The molecule has 0 saturated heterocycles. The molecule has 16 heavy (non-hydrogen) atoms. The number of H-pyrrole nitrogens is 1. The zero-order chi connectivity index (χ0) is 11.6. The Bertz CT molecular complexity index is 423. The smallest absolute Gasteiger partial charge is 0.252 e. The molecule has 1 heterocycles. The van der Waals surface area contributed by atoms with Gasteiger partial charge in [0.25, 0.3) is 5.56 Å². The Balaban J connectivity index is 1.97. The van der Waals surface area contributed by atoms with Crippen molar-refractivity contribution in [2.45, 2.75) is 26.2 Å². The first kappa shape index (κ1) is 11.1. The number of hydrogen-bond donors (Lipinski definition) is 3. The van der Waals surface area contributed by atoms with Gasteiger partial charge in [-0.15, -0.1) is 0 Å². The van der Waals surface area contributed by atoms with Crippen LogP contribution in [-0.2, 0) is 0 Å². The second-order valence-corrected chi connectivity index (χ2v) is 4.54. The number of aromatic nitrogens is 2. The molecule has 2 rings (SSSR count). The first-order chi connectivity index (χ1) is 7.63. The summed E-state index contributed by atoms with van der Waals surface area (Å²) in [5.41, 5.74) is 0.0921. The Morgan fingerprint density at radius 2 is 2.38 bits per heavy atom. The summed E-state index contributed by atoms with van der Waals surface area (Å²) in [6, 6.07) is 1.46. The highest BCUT2D eigenvalue weighted by molar-refractivity contribution is 5.33. The van der Waals surface area contributed by atoms with E-state index >= 15 is 0 Å². The summed E-state index contributed by atoms with van der Waals surface area (Å²) in [5, 5.41) is 12.1. The highest BCUT2D eigenvalue weighted by atomic mass is 16.3. The molecule has 1 fully saturated rings. The summed E-state index contributed by atoms with van der Waals surface area (Å²) in [7, 11) is 0. The maximum absolute atomic E-state index is 11.2.